The predicted molar refractivity (Wildman–Crippen MR) is 60.7 cm³/mol. The lowest BCUT2D eigenvalue weighted by molar-refractivity contribution is 0.0695. The summed E-state index contributed by atoms with van der Waals surface area (Å²) >= 11 is 0. The standard InChI is InChI=1S/C10H11ClO4S/c1-5-4-6(2)9(16(11,14)15)7(3)8(5)10(12)13/h4H,1-3H3,(H,12,13). The Morgan fingerprint density at radius 3 is 2.12 bits per heavy atom. The van der Waals surface area contributed by atoms with Crippen molar-refractivity contribution in [2.24, 2.45) is 0 Å². The van der Waals surface area contributed by atoms with Crippen molar-refractivity contribution in [1.29, 1.82) is 0 Å². The minimum Gasteiger partial charge on any atom is -0.478 e. The molecule has 0 aliphatic carbocycles. The van der Waals surface area contributed by atoms with E-state index in [9.17, 15) is 13.2 Å². The highest BCUT2D eigenvalue weighted by Gasteiger charge is 2.23. The molecule has 4 nitrogen and oxygen atoms in total. The number of carbonyl (C=O) groups is 1. The van der Waals surface area contributed by atoms with Crippen molar-refractivity contribution in [3.63, 3.8) is 0 Å². The SMILES string of the molecule is Cc1cc(C)c(S(=O)(=O)Cl)c(C)c1C(=O)O. The lowest BCUT2D eigenvalue weighted by Crippen LogP contribution is -2.09. The zero-order chi connectivity index (χ0) is 12.7. The molecule has 0 amide bonds. The summed E-state index contributed by atoms with van der Waals surface area (Å²) in [5.74, 6) is -1.16. The van der Waals surface area contributed by atoms with Gasteiger partial charge >= 0.3 is 5.97 Å². The molecule has 0 atom stereocenters. The third-order valence-corrected chi connectivity index (χ3v) is 3.94. The molecule has 0 saturated heterocycles. The van der Waals surface area contributed by atoms with Gasteiger partial charge in [0.2, 0.25) is 0 Å². The first-order chi connectivity index (χ1) is 7.16. The van der Waals surface area contributed by atoms with Gasteiger partial charge in [-0.1, -0.05) is 6.07 Å². The molecule has 0 saturated carbocycles. The van der Waals surface area contributed by atoms with Gasteiger partial charge in [0, 0.05) is 10.7 Å². The lowest BCUT2D eigenvalue weighted by Gasteiger charge is -2.12. The molecule has 0 unspecified atom stereocenters. The van der Waals surface area contributed by atoms with Crippen LogP contribution in [0.2, 0.25) is 0 Å². The van der Waals surface area contributed by atoms with E-state index in [0.29, 0.717) is 11.1 Å². The monoisotopic (exact) mass is 262 g/mol. The molecule has 0 radical (unpaired) electrons. The number of hydrogen-bond acceptors (Lipinski definition) is 3. The molecule has 0 aromatic heterocycles. The minimum atomic E-state index is -3.93. The maximum atomic E-state index is 11.3. The van der Waals surface area contributed by atoms with E-state index >= 15 is 0 Å². The summed E-state index contributed by atoms with van der Waals surface area (Å²) in [6, 6.07) is 1.51. The fraction of sp³-hybridized carbons (Fsp3) is 0.300. The van der Waals surface area contributed by atoms with Gasteiger partial charge in [-0.2, -0.15) is 0 Å². The third-order valence-electron chi connectivity index (χ3n) is 2.36. The Hall–Kier alpha value is -1.07. The van der Waals surface area contributed by atoms with Crippen LogP contribution in [-0.2, 0) is 9.05 Å². The lowest BCUT2D eigenvalue weighted by atomic mass is 10.00. The molecule has 88 valence electrons. The highest BCUT2D eigenvalue weighted by molar-refractivity contribution is 8.13. The number of aryl methyl sites for hydroxylation is 2. The van der Waals surface area contributed by atoms with Crippen molar-refractivity contribution in [2.45, 2.75) is 25.7 Å². The Kier molecular flexibility index (Phi) is 3.30. The first kappa shape index (κ1) is 13.0. The second-order valence-corrected chi connectivity index (χ2v) is 6.09. The van der Waals surface area contributed by atoms with Gasteiger partial charge in [-0.05, 0) is 37.5 Å². The molecule has 1 aromatic rings. The number of hydrogen-bond donors (Lipinski definition) is 1. The van der Waals surface area contributed by atoms with Gasteiger partial charge in [-0.15, -0.1) is 0 Å². The van der Waals surface area contributed by atoms with Crippen molar-refractivity contribution in [3.05, 3.63) is 28.3 Å². The van der Waals surface area contributed by atoms with Crippen molar-refractivity contribution in [2.75, 3.05) is 0 Å². The maximum Gasteiger partial charge on any atom is 0.336 e. The highest BCUT2D eigenvalue weighted by Crippen LogP contribution is 2.28. The van der Waals surface area contributed by atoms with E-state index in [-0.39, 0.29) is 16.0 Å². The van der Waals surface area contributed by atoms with Gasteiger partial charge in [0.15, 0.2) is 0 Å². The van der Waals surface area contributed by atoms with Gasteiger partial charge in [-0.25, -0.2) is 13.2 Å². The average molecular weight is 263 g/mol. The van der Waals surface area contributed by atoms with E-state index < -0.39 is 15.0 Å². The van der Waals surface area contributed by atoms with Crippen LogP contribution in [0.5, 0.6) is 0 Å². The maximum absolute atomic E-state index is 11.3. The van der Waals surface area contributed by atoms with Crippen LogP contribution in [0.3, 0.4) is 0 Å². The summed E-state index contributed by atoms with van der Waals surface area (Å²) < 4.78 is 22.7. The number of carboxylic acid groups (broad SMARTS) is 1. The minimum absolute atomic E-state index is 0.00942. The van der Waals surface area contributed by atoms with Crippen LogP contribution in [0.25, 0.3) is 0 Å². The normalized spacial score (nSPS) is 11.5. The summed E-state index contributed by atoms with van der Waals surface area (Å²) in [4.78, 5) is 10.9. The number of carboxylic acids is 1. The van der Waals surface area contributed by atoms with E-state index in [1.165, 1.54) is 13.0 Å². The first-order valence-corrected chi connectivity index (χ1v) is 6.76. The summed E-state index contributed by atoms with van der Waals surface area (Å²) in [6.07, 6.45) is 0. The summed E-state index contributed by atoms with van der Waals surface area (Å²) in [5, 5.41) is 8.99. The zero-order valence-corrected chi connectivity index (χ0v) is 10.6. The van der Waals surface area contributed by atoms with Crippen molar-refractivity contribution in [3.8, 4) is 0 Å². The molecule has 0 spiro atoms. The number of aromatic carboxylic acids is 1. The molecule has 0 bridgehead atoms. The Balaban J connectivity index is 3.79. The summed E-state index contributed by atoms with van der Waals surface area (Å²) in [7, 11) is 1.35. The van der Waals surface area contributed by atoms with E-state index in [0.717, 1.165) is 0 Å². The highest BCUT2D eigenvalue weighted by atomic mass is 35.7. The molecule has 0 fully saturated rings. The number of halogens is 1. The zero-order valence-electron chi connectivity index (χ0n) is 9.04. The van der Waals surface area contributed by atoms with Crippen LogP contribution in [0.4, 0.5) is 0 Å². The van der Waals surface area contributed by atoms with Gasteiger partial charge in [-0.3, -0.25) is 0 Å². The third kappa shape index (κ3) is 2.20. The number of benzene rings is 1. The Morgan fingerprint density at radius 2 is 1.75 bits per heavy atom. The van der Waals surface area contributed by atoms with Crippen LogP contribution in [-0.4, -0.2) is 19.5 Å². The van der Waals surface area contributed by atoms with Crippen LogP contribution >= 0.6 is 10.7 Å². The molecular formula is C10H11ClO4S. The van der Waals surface area contributed by atoms with Crippen molar-refractivity contribution >= 4 is 25.7 Å². The Bertz CT molecular complexity index is 561. The fourth-order valence-corrected chi connectivity index (χ4v) is 3.50. The molecule has 0 aliphatic heterocycles. The number of rotatable bonds is 2. The average Bonchev–Trinajstić information content (AvgIpc) is 1.97. The summed E-state index contributed by atoms with van der Waals surface area (Å²) in [5.41, 5.74) is 1.14. The van der Waals surface area contributed by atoms with E-state index in [1.54, 1.807) is 13.8 Å². The second-order valence-electron chi connectivity index (χ2n) is 3.58. The largest absolute Gasteiger partial charge is 0.478 e. The van der Waals surface area contributed by atoms with Crippen LogP contribution < -0.4 is 0 Å². The second kappa shape index (κ2) is 4.07. The summed E-state index contributed by atoms with van der Waals surface area (Å²) in [6.45, 7) is 4.65. The molecule has 0 aliphatic rings. The molecule has 1 rings (SSSR count). The van der Waals surface area contributed by atoms with Gasteiger partial charge in [0.25, 0.3) is 9.05 Å². The van der Waals surface area contributed by atoms with Crippen LogP contribution in [0, 0.1) is 20.8 Å². The quantitative estimate of drug-likeness (QED) is 0.830. The van der Waals surface area contributed by atoms with Crippen molar-refractivity contribution in [1.82, 2.24) is 0 Å². The Labute approximate surface area is 98.3 Å². The topological polar surface area (TPSA) is 71.4 Å². The van der Waals surface area contributed by atoms with Gasteiger partial charge in [0.05, 0.1) is 10.5 Å². The van der Waals surface area contributed by atoms with Gasteiger partial charge < -0.3 is 5.11 Å². The van der Waals surface area contributed by atoms with E-state index in [2.05, 4.69) is 0 Å². The fourth-order valence-electron chi connectivity index (χ4n) is 1.87. The molecular weight excluding hydrogens is 252 g/mol. The van der Waals surface area contributed by atoms with Crippen molar-refractivity contribution < 1.29 is 18.3 Å². The smallest absolute Gasteiger partial charge is 0.336 e. The van der Waals surface area contributed by atoms with E-state index in [1.807, 2.05) is 0 Å². The molecule has 0 heterocycles. The van der Waals surface area contributed by atoms with Crippen LogP contribution in [0.1, 0.15) is 27.0 Å². The Morgan fingerprint density at radius 1 is 1.25 bits per heavy atom. The molecule has 1 N–H and O–H groups in total. The molecule has 1 aromatic carbocycles. The predicted octanol–water partition coefficient (Wildman–Crippen LogP) is 2.24. The molecule has 16 heavy (non-hydrogen) atoms. The first-order valence-electron chi connectivity index (χ1n) is 4.45. The van der Waals surface area contributed by atoms with Gasteiger partial charge in [0.1, 0.15) is 0 Å². The van der Waals surface area contributed by atoms with E-state index in [4.69, 9.17) is 15.8 Å². The molecule has 6 heteroatoms. The van der Waals surface area contributed by atoms with Crippen LogP contribution in [0.15, 0.2) is 11.0 Å².